The molecule has 9 heteroatoms. The highest BCUT2D eigenvalue weighted by Crippen LogP contribution is 2.29. The fraction of sp³-hybridized carbons (Fsp3) is 0.316. The number of rotatable bonds is 12. The molecule has 0 saturated heterocycles. The van der Waals surface area contributed by atoms with Crippen molar-refractivity contribution in [2.45, 2.75) is 71.0 Å². The van der Waals surface area contributed by atoms with Gasteiger partial charge in [0.05, 0.1) is 17.7 Å². The molecule has 0 unspecified atom stereocenters. The molecule has 4 rings (SSSR count). The lowest BCUT2D eigenvalue weighted by atomic mass is 10.0. The van der Waals surface area contributed by atoms with E-state index in [0.717, 1.165) is 22.3 Å². The van der Waals surface area contributed by atoms with E-state index in [4.69, 9.17) is 4.74 Å². The summed E-state index contributed by atoms with van der Waals surface area (Å²) in [4.78, 5) is 30.4. The third-order valence-corrected chi connectivity index (χ3v) is 9.55. The van der Waals surface area contributed by atoms with Crippen molar-refractivity contribution in [2.24, 2.45) is 0 Å². The van der Waals surface area contributed by atoms with Crippen molar-refractivity contribution in [3.8, 4) is 5.75 Å². The van der Waals surface area contributed by atoms with E-state index in [0.29, 0.717) is 17.0 Å². The van der Waals surface area contributed by atoms with Crippen molar-refractivity contribution in [3.63, 3.8) is 0 Å². The van der Waals surface area contributed by atoms with E-state index in [2.05, 4.69) is 5.32 Å². The fourth-order valence-electron chi connectivity index (χ4n) is 5.31. The number of benzene rings is 4. The SMILES string of the molecule is COc1cccc(CN(C(=O)CN(c2cc(C)ccc2C)S(=O)(=O)c2ccc(C)cc2)[C@H](Cc2ccccc2)C(=O)NC(C)(C)C)c1. The molecule has 4 aromatic carbocycles. The van der Waals surface area contributed by atoms with Crippen molar-refractivity contribution in [1.29, 1.82) is 0 Å². The van der Waals surface area contributed by atoms with Gasteiger partial charge in [0.15, 0.2) is 0 Å². The van der Waals surface area contributed by atoms with Crippen LogP contribution in [-0.4, -0.2) is 50.4 Å². The molecule has 1 atom stereocenters. The molecule has 248 valence electrons. The van der Waals surface area contributed by atoms with Gasteiger partial charge in [-0.25, -0.2) is 8.42 Å². The Kier molecular flexibility index (Phi) is 11.1. The van der Waals surface area contributed by atoms with E-state index in [1.807, 2.05) is 102 Å². The van der Waals surface area contributed by atoms with Gasteiger partial charge in [-0.15, -0.1) is 0 Å². The molecule has 47 heavy (non-hydrogen) atoms. The van der Waals surface area contributed by atoms with Gasteiger partial charge in [0.2, 0.25) is 11.8 Å². The number of aryl methyl sites for hydroxylation is 3. The van der Waals surface area contributed by atoms with Crippen LogP contribution in [0, 0.1) is 20.8 Å². The van der Waals surface area contributed by atoms with Gasteiger partial charge < -0.3 is 15.0 Å². The number of hydrogen-bond acceptors (Lipinski definition) is 5. The van der Waals surface area contributed by atoms with Crippen LogP contribution >= 0.6 is 0 Å². The Morgan fingerprint density at radius 1 is 0.809 bits per heavy atom. The first-order valence-corrected chi connectivity index (χ1v) is 17.1. The van der Waals surface area contributed by atoms with Crippen molar-refractivity contribution in [2.75, 3.05) is 18.0 Å². The van der Waals surface area contributed by atoms with Crippen LogP contribution in [0.25, 0.3) is 0 Å². The summed E-state index contributed by atoms with van der Waals surface area (Å²) < 4.78 is 35.3. The summed E-state index contributed by atoms with van der Waals surface area (Å²) >= 11 is 0. The maximum Gasteiger partial charge on any atom is 0.264 e. The van der Waals surface area contributed by atoms with Gasteiger partial charge in [-0.3, -0.25) is 13.9 Å². The molecule has 0 aliphatic heterocycles. The lowest BCUT2D eigenvalue weighted by Gasteiger charge is -2.35. The molecule has 0 aromatic heterocycles. The Hall–Kier alpha value is -4.63. The van der Waals surface area contributed by atoms with E-state index in [9.17, 15) is 18.0 Å². The number of anilines is 1. The Labute approximate surface area is 279 Å². The Morgan fingerprint density at radius 3 is 2.09 bits per heavy atom. The maximum absolute atomic E-state index is 14.7. The minimum absolute atomic E-state index is 0.0519. The zero-order chi connectivity index (χ0) is 34.4. The molecule has 0 heterocycles. The molecule has 0 fully saturated rings. The summed E-state index contributed by atoms with van der Waals surface area (Å²) in [5.74, 6) is -0.251. The first kappa shape index (κ1) is 35.2. The highest BCUT2D eigenvalue weighted by atomic mass is 32.2. The van der Waals surface area contributed by atoms with E-state index < -0.39 is 34.1 Å². The van der Waals surface area contributed by atoms with Gasteiger partial charge >= 0.3 is 0 Å². The number of ether oxygens (including phenoxy) is 1. The molecular weight excluding hydrogens is 611 g/mol. The summed E-state index contributed by atoms with van der Waals surface area (Å²) in [5, 5.41) is 3.06. The first-order chi connectivity index (χ1) is 22.2. The third kappa shape index (κ3) is 9.23. The number of carbonyl (C=O) groups excluding carboxylic acids is 2. The monoisotopic (exact) mass is 655 g/mol. The maximum atomic E-state index is 14.7. The summed E-state index contributed by atoms with van der Waals surface area (Å²) in [6.45, 7) is 10.8. The van der Waals surface area contributed by atoms with Crippen molar-refractivity contribution in [3.05, 3.63) is 125 Å². The van der Waals surface area contributed by atoms with Gasteiger partial charge in [-0.1, -0.05) is 72.3 Å². The minimum Gasteiger partial charge on any atom is -0.497 e. The predicted octanol–water partition coefficient (Wildman–Crippen LogP) is 6.37. The topological polar surface area (TPSA) is 96.0 Å². The Morgan fingerprint density at radius 2 is 1.45 bits per heavy atom. The van der Waals surface area contributed by atoms with Crippen LogP contribution in [0.4, 0.5) is 5.69 Å². The van der Waals surface area contributed by atoms with Crippen LogP contribution in [0.2, 0.25) is 0 Å². The molecule has 2 amide bonds. The smallest absolute Gasteiger partial charge is 0.264 e. The molecule has 0 saturated carbocycles. The molecule has 8 nitrogen and oxygen atoms in total. The summed E-state index contributed by atoms with van der Waals surface area (Å²) in [7, 11) is -2.63. The number of methoxy groups -OCH3 is 1. The van der Waals surface area contributed by atoms with Crippen LogP contribution in [0.5, 0.6) is 5.75 Å². The molecule has 4 aromatic rings. The van der Waals surface area contributed by atoms with Gasteiger partial charge in [0.25, 0.3) is 10.0 Å². The molecule has 0 spiro atoms. The number of hydrogen-bond donors (Lipinski definition) is 1. The number of nitrogens with one attached hydrogen (secondary N) is 1. The van der Waals surface area contributed by atoms with Crippen LogP contribution in [0.3, 0.4) is 0 Å². The molecule has 0 aliphatic carbocycles. The van der Waals surface area contributed by atoms with E-state index in [-0.39, 0.29) is 23.8 Å². The zero-order valence-corrected chi connectivity index (χ0v) is 29.1. The lowest BCUT2D eigenvalue weighted by Crippen LogP contribution is -2.56. The highest BCUT2D eigenvalue weighted by molar-refractivity contribution is 7.92. The second-order valence-electron chi connectivity index (χ2n) is 12.9. The van der Waals surface area contributed by atoms with Crippen LogP contribution in [0.15, 0.2) is 102 Å². The van der Waals surface area contributed by atoms with Crippen molar-refractivity contribution in [1.82, 2.24) is 10.2 Å². The van der Waals surface area contributed by atoms with Gasteiger partial charge in [0, 0.05) is 18.5 Å². The number of carbonyl (C=O) groups is 2. The summed E-state index contributed by atoms with van der Waals surface area (Å²) in [6.07, 6.45) is 0.229. The largest absolute Gasteiger partial charge is 0.497 e. The van der Waals surface area contributed by atoms with E-state index in [1.54, 1.807) is 43.5 Å². The molecule has 0 aliphatic rings. The van der Waals surface area contributed by atoms with Crippen molar-refractivity contribution < 1.29 is 22.7 Å². The van der Waals surface area contributed by atoms with Gasteiger partial charge in [-0.2, -0.15) is 0 Å². The Bertz CT molecular complexity index is 1800. The normalized spacial score (nSPS) is 12.2. The fourth-order valence-corrected chi connectivity index (χ4v) is 6.78. The Balaban J connectivity index is 1.86. The number of nitrogens with zero attached hydrogens (tertiary/aromatic N) is 2. The number of amides is 2. The molecule has 0 bridgehead atoms. The number of sulfonamides is 1. The minimum atomic E-state index is -4.19. The lowest BCUT2D eigenvalue weighted by molar-refractivity contribution is -0.140. The third-order valence-electron chi connectivity index (χ3n) is 7.78. The van der Waals surface area contributed by atoms with Crippen molar-refractivity contribution >= 4 is 27.5 Å². The standard InChI is InChI=1S/C38H45N3O5S/c1-27-17-20-33(21-18-27)47(44,45)41(34-22-28(2)16-19-29(34)3)26-36(42)40(25-31-14-11-15-32(23-31)46-7)35(37(43)39-38(4,5)6)24-30-12-9-8-10-13-30/h8-23,35H,24-26H2,1-7H3,(H,39,43)/t35-/m1/s1. The molecule has 0 radical (unpaired) electrons. The highest BCUT2D eigenvalue weighted by Gasteiger charge is 2.36. The van der Waals surface area contributed by atoms with Crippen LogP contribution < -0.4 is 14.4 Å². The van der Waals surface area contributed by atoms with Crippen LogP contribution in [-0.2, 0) is 32.6 Å². The average Bonchev–Trinajstić information content (AvgIpc) is 3.02. The predicted molar refractivity (Wildman–Crippen MR) is 187 cm³/mol. The molecule has 1 N–H and O–H groups in total. The van der Waals surface area contributed by atoms with Crippen LogP contribution in [0.1, 0.15) is 48.6 Å². The van der Waals surface area contributed by atoms with Gasteiger partial charge in [-0.05, 0) is 94.1 Å². The zero-order valence-electron chi connectivity index (χ0n) is 28.3. The summed E-state index contributed by atoms with van der Waals surface area (Å²) in [6, 6.07) is 27.9. The second-order valence-corrected chi connectivity index (χ2v) is 14.8. The molecular formula is C38H45N3O5S. The first-order valence-electron chi connectivity index (χ1n) is 15.6. The van der Waals surface area contributed by atoms with E-state index >= 15 is 0 Å². The second kappa shape index (κ2) is 14.9. The van der Waals surface area contributed by atoms with Gasteiger partial charge in [0.1, 0.15) is 18.3 Å². The summed E-state index contributed by atoms with van der Waals surface area (Å²) in [5.41, 5.74) is 3.89. The quantitative estimate of drug-likeness (QED) is 0.191. The average molecular weight is 656 g/mol. The van der Waals surface area contributed by atoms with E-state index in [1.165, 1.54) is 9.21 Å².